The number of carboxylic acid groups (broad SMARTS) is 1. The van der Waals surface area contributed by atoms with Crippen LogP contribution in [0.5, 0.6) is 5.75 Å². The Balaban J connectivity index is 1.67. The van der Waals surface area contributed by atoms with Crippen molar-refractivity contribution in [3.8, 4) is 5.75 Å². The van der Waals surface area contributed by atoms with Gasteiger partial charge < -0.3 is 15.2 Å². The van der Waals surface area contributed by atoms with Crippen LogP contribution in [0.25, 0.3) is 6.08 Å². The Bertz CT molecular complexity index is 998. The average molecular weight is 387 g/mol. The third-order valence-electron chi connectivity index (χ3n) is 4.19. The van der Waals surface area contributed by atoms with Crippen LogP contribution >= 0.6 is 0 Å². The summed E-state index contributed by atoms with van der Waals surface area (Å²) >= 11 is 0. The number of benzene rings is 3. The van der Waals surface area contributed by atoms with Crippen molar-refractivity contribution in [2.24, 2.45) is 0 Å². The number of hydrogen-bond acceptors (Lipinski definition) is 3. The molecule has 0 atom stereocenters. The van der Waals surface area contributed by atoms with Crippen LogP contribution in [0.3, 0.4) is 0 Å². The lowest BCUT2D eigenvalue weighted by molar-refractivity contribution is -0.132. The van der Waals surface area contributed by atoms with Crippen molar-refractivity contribution in [3.05, 3.63) is 107 Å². The molecule has 3 aromatic carbocycles. The van der Waals surface area contributed by atoms with E-state index in [9.17, 15) is 14.7 Å². The second kappa shape index (κ2) is 9.90. The largest absolute Gasteiger partial charge is 0.493 e. The molecule has 29 heavy (non-hydrogen) atoms. The Morgan fingerprint density at radius 1 is 0.897 bits per heavy atom. The summed E-state index contributed by atoms with van der Waals surface area (Å²) in [5, 5.41) is 11.9. The summed E-state index contributed by atoms with van der Waals surface area (Å²) in [6, 6.07) is 25.6. The summed E-state index contributed by atoms with van der Waals surface area (Å²) in [4.78, 5) is 23.8. The fourth-order valence-corrected chi connectivity index (χ4v) is 2.73. The molecule has 3 aromatic rings. The van der Waals surface area contributed by atoms with Crippen molar-refractivity contribution in [1.82, 2.24) is 5.32 Å². The smallest absolute Gasteiger partial charge is 0.352 e. The van der Waals surface area contributed by atoms with Gasteiger partial charge >= 0.3 is 5.97 Å². The molecule has 0 aliphatic rings. The van der Waals surface area contributed by atoms with E-state index in [0.717, 1.165) is 6.42 Å². The lowest BCUT2D eigenvalue weighted by Crippen LogP contribution is -2.27. The molecule has 0 fully saturated rings. The number of nitrogens with one attached hydrogen (secondary N) is 1. The SMILES string of the molecule is O=C(O)/C(=C\c1cccc(OCCc2ccccc2)c1)NC(=O)c1ccccc1. The maximum atomic E-state index is 12.3. The molecule has 5 nitrogen and oxygen atoms in total. The molecule has 0 unspecified atom stereocenters. The van der Waals surface area contributed by atoms with Gasteiger partial charge in [-0.3, -0.25) is 4.79 Å². The number of carbonyl (C=O) groups excluding carboxylic acids is 1. The van der Waals surface area contributed by atoms with Crippen molar-refractivity contribution in [2.45, 2.75) is 6.42 Å². The first-order valence-corrected chi connectivity index (χ1v) is 9.20. The highest BCUT2D eigenvalue weighted by molar-refractivity contribution is 6.02. The highest BCUT2D eigenvalue weighted by Gasteiger charge is 2.13. The second-order valence-corrected chi connectivity index (χ2v) is 6.34. The Morgan fingerprint density at radius 3 is 2.28 bits per heavy atom. The van der Waals surface area contributed by atoms with Crippen LogP contribution < -0.4 is 10.1 Å². The quantitative estimate of drug-likeness (QED) is 0.569. The summed E-state index contributed by atoms with van der Waals surface area (Å²) < 4.78 is 5.78. The number of ether oxygens (including phenoxy) is 1. The molecule has 2 N–H and O–H groups in total. The first-order valence-electron chi connectivity index (χ1n) is 9.20. The van der Waals surface area contributed by atoms with Gasteiger partial charge in [-0.1, -0.05) is 60.7 Å². The lowest BCUT2D eigenvalue weighted by atomic mass is 10.1. The van der Waals surface area contributed by atoms with Crippen LogP contribution in [0, 0.1) is 0 Å². The van der Waals surface area contributed by atoms with Crippen molar-refractivity contribution < 1.29 is 19.4 Å². The van der Waals surface area contributed by atoms with Gasteiger partial charge in [0.15, 0.2) is 0 Å². The number of rotatable bonds is 8. The van der Waals surface area contributed by atoms with Gasteiger partial charge in [-0.05, 0) is 41.5 Å². The molecule has 0 aliphatic carbocycles. The molecule has 146 valence electrons. The molecule has 3 rings (SSSR count). The zero-order valence-corrected chi connectivity index (χ0v) is 15.7. The molecule has 0 spiro atoms. The fourth-order valence-electron chi connectivity index (χ4n) is 2.73. The van der Waals surface area contributed by atoms with Gasteiger partial charge in [0.2, 0.25) is 0 Å². The molecular formula is C24H21NO4. The van der Waals surface area contributed by atoms with Crippen LogP contribution in [0.15, 0.2) is 90.6 Å². The topological polar surface area (TPSA) is 75.6 Å². The van der Waals surface area contributed by atoms with E-state index < -0.39 is 11.9 Å². The number of aliphatic carboxylic acids is 1. The third-order valence-corrected chi connectivity index (χ3v) is 4.19. The average Bonchev–Trinajstić information content (AvgIpc) is 2.75. The summed E-state index contributed by atoms with van der Waals surface area (Å²) in [5.41, 5.74) is 1.98. The monoisotopic (exact) mass is 387 g/mol. The van der Waals surface area contributed by atoms with Crippen molar-refractivity contribution in [1.29, 1.82) is 0 Å². The van der Waals surface area contributed by atoms with Gasteiger partial charge in [-0.25, -0.2) is 4.79 Å². The third kappa shape index (κ3) is 6.07. The van der Waals surface area contributed by atoms with E-state index in [1.54, 1.807) is 48.5 Å². The minimum atomic E-state index is -1.22. The molecule has 0 radical (unpaired) electrons. The first kappa shape index (κ1) is 19.9. The van der Waals surface area contributed by atoms with E-state index in [-0.39, 0.29) is 5.70 Å². The lowest BCUT2D eigenvalue weighted by Gasteiger charge is -2.09. The Morgan fingerprint density at radius 2 is 1.59 bits per heavy atom. The summed E-state index contributed by atoms with van der Waals surface area (Å²) in [5.74, 6) is -1.06. The van der Waals surface area contributed by atoms with Gasteiger partial charge in [0.1, 0.15) is 11.4 Å². The number of hydrogen-bond donors (Lipinski definition) is 2. The zero-order chi connectivity index (χ0) is 20.5. The zero-order valence-electron chi connectivity index (χ0n) is 15.7. The highest BCUT2D eigenvalue weighted by atomic mass is 16.5. The molecule has 1 amide bonds. The predicted octanol–water partition coefficient (Wildman–Crippen LogP) is 4.16. The van der Waals surface area contributed by atoms with Crippen molar-refractivity contribution in [3.63, 3.8) is 0 Å². The maximum Gasteiger partial charge on any atom is 0.352 e. The van der Waals surface area contributed by atoms with Crippen molar-refractivity contribution in [2.75, 3.05) is 6.61 Å². The Labute approximate surface area is 169 Å². The molecular weight excluding hydrogens is 366 g/mol. The van der Waals surface area contributed by atoms with E-state index >= 15 is 0 Å². The number of carboxylic acids is 1. The van der Waals surface area contributed by atoms with Gasteiger partial charge in [-0.15, -0.1) is 0 Å². The highest BCUT2D eigenvalue weighted by Crippen LogP contribution is 2.16. The minimum Gasteiger partial charge on any atom is -0.493 e. The van der Waals surface area contributed by atoms with Crippen LogP contribution in [0.4, 0.5) is 0 Å². The van der Waals surface area contributed by atoms with Crippen molar-refractivity contribution >= 4 is 18.0 Å². The van der Waals surface area contributed by atoms with Gasteiger partial charge in [0, 0.05) is 12.0 Å². The fraction of sp³-hybridized carbons (Fsp3) is 0.0833. The first-order chi connectivity index (χ1) is 14.1. The summed E-state index contributed by atoms with van der Waals surface area (Å²) in [7, 11) is 0. The number of carbonyl (C=O) groups is 2. The molecule has 5 heteroatoms. The molecule has 0 aromatic heterocycles. The second-order valence-electron chi connectivity index (χ2n) is 6.34. The molecule has 0 aliphatic heterocycles. The summed E-state index contributed by atoms with van der Waals surface area (Å²) in [6.45, 7) is 0.508. The number of amides is 1. The van der Waals surface area contributed by atoms with Crippen LogP contribution in [-0.4, -0.2) is 23.6 Å². The van der Waals surface area contributed by atoms with Crippen LogP contribution in [0.2, 0.25) is 0 Å². The predicted molar refractivity (Wildman–Crippen MR) is 112 cm³/mol. The van der Waals surface area contributed by atoms with E-state index in [0.29, 0.717) is 23.5 Å². The molecule has 0 bridgehead atoms. The van der Waals surface area contributed by atoms with Crippen LogP contribution in [-0.2, 0) is 11.2 Å². The molecule has 0 heterocycles. The Kier molecular flexibility index (Phi) is 6.79. The van der Waals surface area contributed by atoms with Crippen LogP contribution in [0.1, 0.15) is 21.5 Å². The van der Waals surface area contributed by atoms with Gasteiger partial charge in [0.05, 0.1) is 6.61 Å². The maximum absolute atomic E-state index is 12.3. The molecule has 0 saturated carbocycles. The normalized spacial score (nSPS) is 11.0. The standard InChI is InChI=1S/C24H21NO4/c26-23(20-11-5-2-6-12-20)25-22(24(27)28)17-19-10-7-13-21(16-19)29-15-14-18-8-3-1-4-9-18/h1-13,16-17H,14-15H2,(H,25,26)(H,27,28)/b22-17+. The minimum absolute atomic E-state index is 0.208. The summed E-state index contributed by atoms with van der Waals surface area (Å²) in [6.07, 6.45) is 2.18. The molecule has 0 saturated heterocycles. The van der Waals surface area contributed by atoms with E-state index in [1.807, 2.05) is 36.4 Å². The van der Waals surface area contributed by atoms with Gasteiger partial charge in [0.25, 0.3) is 5.91 Å². The van der Waals surface area contributed by atoms with Gasteiger partial charge in [-0.2, -0.15) is 0 Å². The van der Waals surface area contributed by atoms with E-state index in [2.05, 4.69) is 5.32 Å². The van der Waals surface area contributed by atoms with E-state index in [4.69, 9.17) is 4.74 Å². The van der Waals surface area contributed by atoms with E-state index in [1.165, 1.54) is 11.6 Å². The Hall–Kier alpha value is -3.86.